The summed E-state index contributed by atoms with van der Waals surface area (Å²) in [5, 5.41) is 2.83. The van der Waals surface area contributed by atoms with Crippen LogP contribution in [0.1, 0.15) is 31.7 Å². The van der Waals surface area contributed by atoms with Gasteiger partial charge in [0, 0.05) is 17.8 Å². The summed E-state index contributed by atoms with van der Waals surface area (Å²) in [5.74, 6) is 0.0557. The lowest BCUT2D eigenvalue weighted by molar-refractivity contribution is -0.116. The molecule has 82 valence electrons. The van der Waals surface area contributed by atoms with Crippen molar-refractivity contribution < 1.29 is 4.79 Å². The third-order valence-corrected chi connectivity index (χ3v) is 2.32. The molecule has 0 aliphatic carbocycles. The molecule has 1 rings (SSSR count). The maximum atomic E-state index is 11.4. The molecule has 3 heteroatoms. The molecule has 0 aliphatic rings. The number of hydrogen-bond acceptors (Lipinski definition) is 2. The highest BCUT2D eigenvalue weighted by molar-refractivity contribution is 5.91. The number of carbonyl (C=O) groups excluding carboxylic acids is 1. The Bertz CT molecular complexity index is 347. The second-order valence-electron chi connectivity index (χ2n) is 3.72. The van der Waals surface area contributed by atoms with Crippen molar-refractivity contribution in [2.75, 3.05) is 11.1 Å². The molecule has 0 saturated heterocycles. The Morgan fingerprint density at radius 2 is 2.20 bits per heavy atom. The van der Waals surface area contributed by atoms with Gasteiger partial charge in [-0.1, -0.05) is 19.4 Å². The molecule has 1 amide bonds. The van der Waals surface area contributed by atoms with E-state index in [0.717, 1.165) is 24.1 Å². The summed E-state index contributed by atoms with van der Waals surface area (Å²) < 4.78 is 0. The Morgan fingerprint density at radius 1 is 1.47 bits per heavy atom. The first-order valence-corrected chi connectivity index (χ1v) is 5.29. The number of unbranched alkanes of at least 4 members (excludes halogenated alkanes) is 1. The van der Waals surface area contributed by atoms with Crippen molar-refractivity contribution in [3.63, 3.8) is 0 Å². The van der Waals surface area contributed by atoms with Gasteiger partial charge in [0.2, 0.25) is 5.91 Å². The average molecular weight is 206 g/mol. The van der Waals surface area contributed by atoms with E-state index < -0.39 is 0 Å². The fourth-order valence-corrected chi connectivity index (χ4v) is 1.28. The number of rotatable bonds is 4. The van der Waals surface area contributed by atoms with Gasteiger partial charge in [-0.25, -0.2) is 0 Å². The Balaban J connectivity index is 2.57. The van der Waals surface area contributed by atoms with Crippen LogP contribution in [0, 0.1) is 6.92 Å². The molecule has 0 heterocycles. The summed E-state index contributed by atoms with van der Waals surface area (Å²) in [5.41, 5.74) is 8.26. The lowest BCUT2D eigenvalue weighted by Crippen LogP contribution is -2.11. The van der Waals surface area contributed by atoms with Crippen LogP contribution >= 0.6 is 0 Å². The number of nitrogens with one attached hydrogen (secondary N) is 1. The van der Waals surface area contributed by atoms with Gasteiger partial charge in [0.1, 0.15) is 0 Å². The molecule has 15 heavy (non-hydrogen) atoms. The summed E-state index contributed by atoms with van der Waals surface area (Å²) in [6, 6.07) is 5.57. The number of nitrogen functional groups attached to an aromatic ring is 1. The molecule has 0 spiro atoms. The SMILES string of the molecule is CCCCC(=O)Nc1ccc(C)c(N)c1. The minimum absolute atomic E-state index is 0.0557. The normalized spacial score (nSPS) is 10.0. The van der Waals surface area contributed by atoms with Crippen LogP contribution in [0.25, 0.3) is 0 Å². The molecule has 0 aliphatic heterocycles. The van der Waals surface area contributed by atoms with Gasteiger partial charge in [0.05, 0.1) is 0 Å². The Kier molecular flexibility index (Phi) is 4.16. The molecule has 0 unspecified atom stereocenters. The fourth-order valence-electron chi connectivity index (χ4n) is 1.28. The molecule has 1 aromatic rings. The number of nitrogens with two attached hydrogens (primary N) is 1. The number of aryl methyl sites for hydroxylation is 1. The van der Waals surface area contributed by atoms with Crippen molar-refractivity contribution in [3.8, 4) is 0 Å². The van der Waals surface area contributed by atoms with Crippen LogP contribution in [0.15, 0.2) is 18.2 Å². The van der Waals surface area contributed by atoms with Crippen molar-refractivity contribution >= 4 is 17.3 Å². The highest BCUT2D eigenvalue weighted by Crippen LogP contribution is 2.17. The second kappa shape index (κ2) is 5.39. The molecular formula is C12H18N2O. The summed E-state index contributed by atoms with van der Waals surface area (Å²) in [6.45, 7) is 4.01. The Labute approximate surface area is 90.7 Å². The van der Waals surface area contributed by atoms with E-state index in [2.05, 4.69) is 12.2 Å². The summed E-state index contributed by atoms with van der Waals surface area (Å²) in [7, 11) is 0. The van der Waals surface area contributed by atoms with Crippen LogP contribution in [-0.4, -0.2) is 5.91 Å². The van der Waals surface area contributed by atoms with E-state index >= 15 is 0 Å². The lowest BCUT2D eigenvalue weighted by Gasteiger charge is -2.06. The van der Waals surface area contributed by atoms with Crippen molar-refractivity contribution in [2.45, 2.75) is 33.1 Å². The van der Waals surface area contributed by atoms with Gasteiger partial charge in [-0.05, 0) is 31.0 Å². The minimum Gasteiger partial charge on any atom is -0.398 e. The molecule has 1 aromatic carbocycles. The van der Waals surface area contributed by atoms with Gasteiger partial charge in [-0.15, -0.1) is 0 Å². The van der Waals surface area contributed by atoms with Gasteiger partial charge < -0.3 is 11.1 Å². The molecule has 0 radical (unpaired) electrons. The van der Waals surface area contributed by atoms with E-state index in [0.29, 0.717) is 12.1 Å². The van der Waals surface area contributed by atoms with Crippen LogP contribution in [0.3, 0.4) is 0 Å². The number of carbonyl (C=O) groups is 1. The third-order valence-electron chi connectivity index (χ3n) is 2.32. The van der Waals surface area contributed by atoms with E-state index in [1.165, 1.54) is 0 Å². The molecule has 0 bridgehead atoms. The number of amides is 1. The van der Waals surface area contributed by atoms with Crippen molar-refractivity contribution in [3.05, 3.63) is 23.8 Å². The average Bonchev–Trinajstić information content (AvgIpc) is 2.20. The van der Waals surface area contributed by atoms with Gasteiger partial charge in [-0.3, -0.25) is 4.79 Å². The van der Waals surface area contributed by atoms with Gasteiger partial charge in [0.15, 0.2) is 0 Å². The molecule has 3 nitrogen and oxygen atoms in total. The zero-order chi connectivity index (χ0) is 11.3. The molecule has 0 saturated carbocycles. The van der Waals surface area contributed by atoms with Crippen LogP contribution in [0.4, 0.5) is 11.4 Å². The molecule has 0 aromatic heterocycles. The smallest absolute Gasteiger partial charge is 0.224 e. The zero-order valence-electron chi connectivity index (χ0n) is 9.34. The minimum atomic E-state index is 0.0557. The summed E-state index contributed by atoms with van der Waals surface area (Å²) in [4.78, 5) is 11.4. The standard InChI is InChI=1S/C12H18N2O/c1-3-4-5-12(15)14-10-7-6-9(2)11(13)8-10/h6-8H,3-5,13H2,1-2H3,(H,14,15). The largest absolute Gasteiger partial charge is 0.398 e. The van der Waals surface area contributed by atoms with Crippen LogP contribution in [0.5, 0.6) is 0 Å². The fraction of sp³-hybridized carbons (Fsp3) is 0.417. The first-order chi connectivity index (χ1) is 7.13. The van der Waals surface area contributed by atoms with Gasteiger partial charge >= 0.3 is 0 Å². The van der Waals surface area contributed by atoms with Crippen LogP contribution in [-0.2, 0) is 4.79 Å². The maximum Gasteiger partial charge on any atom is 0.224 e. The highest BCUT2D eigenvalue weighted by atomic mass is 16.1. The highest BCUT2D eigenvalue weighted by Gasteiger charge is 2.02. The Morgan fingerprint density at radius 3 is 2.80 bits per heavy atom. The predicted octanol–water partition coefficient (Wildman–Crippen LogP) is 2.71. The van der Waals surface area contributed by atoms with E-state index in [-0.39, 0.29) is 5.91 Å². The topological polar surface area (TPSA) is 55.1 Å². The molecular weight excluding hydrogens is 188 g/mol. The second-order valence-corrected chi connectivity index (χ2v) is 3.72. The molecule has 0 atom stereocenters. The van der Waals surface area contributed by atoms with Crippen molar-refractivity contribution in [1.82, 2.24) is 0 Å². The van der Waals surface area contributed by atoms with E-state index in [9.17, 15) is 4.79 Å². The van der Waals surface area contributed by atoms with Gasteiger partial charge in [-0.2, -0.15) is 0 Å². The van der Waals surface area contributed by atoms with E-state index in [1.807, 2.05) is 19.1 Å². The number of benzene rings is 1. The van der Waals surface area contributed by atoms with Crippen LogP contribution in [0.2, 0.25) is 0 Å². The van der Waals surface area contributed by atoms with E-state index in [4.69, 9.17) is 5.73 Å². The van der Waals surface area contributed by atoms with Crippen LogP contribution < -0.4 is 11.1 Å². The zero-order valence-corrected chi connectivity index (χ0v) is 9.34. The van der Waals surface area contributed by atoms with E-state index in [1.54, 1.807) is 6.07 Å². The van der Waals surface area contributed by atoms with Crippen molar-refractivity contribution in [2.24, 2.45) is 0 Å². The quantitative estimate of drug-likeness (QED) is 0.744. The monoisotopic (exact) mass is 206 g/mol. The molecule has 0 fully saturated rings. The predicted molar refractivity (Wildman–Crippen MR) is 63.7 cm³/mol. The van der Waals surface area contributed by atoms with Gasteiger partial charge in [0.25, 0.3) is 0 Å². The maximum absolute atomic E-state index is 11.4. The first kappa shape index (κ1) is 11.6. The lowest BCUT2D eigenvalue weighted by atomic mass is 10.2. The first-order valence-electron chi connectivity index (χ1n) is 5.29. The number of hydrogen-bond donors (Lipinski definition) is 2. The third kappa shape index (κ3) is 3.62. The summed E-state index contributed by atoms with van der Waals surface area (Å²) >= 11 is 0. The number of anilines is 2. The Hall–Kier alpha value is -1.51. The summed E-state index contributed by atoms with van der Waals surface area (Å²) in [6.07, 6.45) is 2.53. The molecule has 3 N–H and O–H groups in total. The van der Waals surface area contributed by atoms with Crippen molar-refractivity contribution in [1.29, 1.82) is 0 Å².